The SMILES string of the molecule is CSc1cc(C)ccc1CNC(=O)N(C)CC(C)C(=O)O. The Bertz CT molecular complexity index is 520. The highest BCUT2D eigenvalue weighted by Gasteiger charge is 2.17. The van der Waals surface area contributed by atoms with E-state index < -0.39 is 11.9 Å². The van der Waals surface area contributed by atoms with Crippen LogP contribution in [0.5, 0.6) is 0 Å². The minimum absolute atomic E-state index is 0.185. The zero-order chi connectivity index (χ0) is 16.0. The predicted octanol–water partition coefficient (Wildman–Crippen LogP) is 2.58. The number of nitrogens with zero attached hydrogens (tertiary/aromatic N) is 1. The maximum Gasteiger partial charge on any atom is 0.317 e. The zero-order valence-electron chi connectivity index (χ0n) is 12.8. The molecule has 0 saturated carbocycles. The summed E-state index contributed by atoms with van der Waals surface area (Å²) in [7, 11) is 1.60. The van der Waals surface area contributed by atoms with Gasteiger partial charge in [-0.15, -0.1) is 11.8 Å². The molecule has 0 aliphatic carbocycles. The molecule has 1 aromatic rings. The number of urea groups is 1. The molecule has 0 aliphatic rings. The highest BCUT2D eigenvalue weighted by molar-refractivity contribution is 7.98. The molecule has 0 saturated heterocycles. The lowest BCUT2D eigenvalue weighted by Gasteiger charge is -2.20. The Hall–Kier alpha value is -1.69. The van der Waals surface area contributed by atoms with Crippen LogP contribution in [-0.4, -0.2) is 41.9 Å². The van der Waals surface area contributed by atoms with Gasteiger partial charge >= 0.3 is 12.0 Å². The molecule has 116 valence electrons. The number of rotatable bonds is 6. The first-order chi connectivity index (χ1) is 9.85. The third kappa shape index (κ3) is 5.30. The second kappa shape index (κ2) is 7.93. The summed E-state index contributed by atoms with van der Waals surface area (Å²) in [5, 5.41) is 11.7. The Morgan fingerprint density at radius 1 is 1.43 bits per heavy atom. The second-order valence-corrected chi connectivity index (χ2v) is 5.94. The number of aliphatic carboxylic acids is 1. The lowest BCUT2D eigenvalue weighted by Crippen LogP contribution is -2.40. The van der Waals surface area contributed by atoms with E-state index in [9.17, 15) is 9.59 Å². The highest BCUT2D eigenvalue weighted by Crippen LogP contribution is 2.21. The van der Waals surface area contributed by atoms with Gasteiger partial charge in [0, 0.05) is 25.0 Å². The van der Waals surface area contributed by atoms with Crippen molar-refractivity contribution in [2.45, 2.75) is 25.3 Å². The molecule has 0 bridgehead atoms. The molecule has 0 aliphatic heterocycles. The summed E-state index contributed by atoms with van der Waals surface area (Å²) in [6, 6.07) is 5.83. The zero-order valence-corrected chi connectivity index (χ0v) is 13.7. The fourth-order valence-electron chi connectivity index (χ4n) is 1.88. The molecule has 6 heteroatoms. The smallest absolute Gasteiger partial charge is 0.317 e. The van der Waals surface area contributed by atoms with Gasteiger partial charge in [0.25, 0.3) is 0 Å². The predicted molar refractivity (Wildman–Crippen MR) is 84.6 cm³/mol. The summed E-state index contributed by atoms with van der Waals surface area (Å²) >= 11 is 1.64. The van der Waals surface area contributed by atoms with Crippen molar-refractivity contribution in [3.63, 3.8) is 0 Å². The molecule has 0 heterocycles. The number of hydrogen-bond acceptors (Lipinski definition) is 3. The molecule has 1 unspecified atom stereocenters. The van der Waals surface area contributed by atoms with Crippen LogP contribution < -0.4 is 5.32 Å². The Morgan fingerprint density at radius 3 is 2.67 bits per heavy atom. The van der Waals surface area contributed by atoms with Crippen molar-refractivity contribution >= 4 is 23.8 Å². The van der Waals surface area contributed by atoms with Crippen molar-refractivity contribution in [2.24, 2.45) is 5.92 Å². The van der Waals surface area contributed by atoms with Crippen molar-refractivity contribution in [3.8, 4) is 0 Å². The lowest BCUT2D eigenvalue weighted by atomic mass is 10.1. The Morgan fingerprint density at radius 2 is 2.10 bits per heavy atom. The Labute approximate surface area is 129 Å². The summed E-state index contributed by atoms with van der Waals surface area (Å²) in [6.45, 7) is 4.23. The van der Waals surface area contributed by atoms with Crippen LogP contribution in [0, 0.1) is 12.8 Å². The summed E-state index contributed by atoms with van der Waals surface area (Å²) in [6.07, 6.45) is 2.00. The fourth-order valence-corrected chi connectivity index (χ4v) is 2.58. The second-order valence-electron chi connectivity index (χ2n) is 5.09. The van der Waals surface area contributed by atoms with E-state index in [-0.39, 0.29) is 12.6 Å². The fraction of sp³-hybridized carbons (Fsp3) is 0.467. The maximum absolute atomic E-state index is 12.0. The normalized spacial score (nSPS) is 11.8. The van der Waals surface area contributed by atoms with Crippen molar-refractivity contribution in [1.82, 2.24) is 10.2 Å². The van der Waals surface area contributed by atoms with Gasteiger partial charge < -0.3 is 15.3 Å². The quantitative estimate of drug-likeness (QED) is 0.792. The van der Waals surface area contributed by atoms with E-state index in [1.807, 2.05) is 25.3 Å². The van der Waals surface area contributed by atoms with Gasteiger partial charge in [0.05, 0.1) is 5.92 Å². The van der Waals surface area contributed by atoms with Gasteiger partial charge in [0.2, 0.25) is 0 Å². The van der Waals surface area contributed by atoms with Crippen molar-refractivity contribution in [1.29, 1.82) is 0 Å². The summed E-state index contributed by atoms with van der Waals surface area (Å²) < 4.78 is 0. The first-order valence-electron chi connectivity index (χ1n) is 6.70. The maximum atomic E-state index is 12.0. The number of carbonyl (C=O) groups excluding carboxylic acids is 1. The molecule has 21 heavy (non-hydrogen) atoms. The monoisotopic (exact) mass is 310 g/mol. The Balaban J connectivity index is 2.58. The molecular formula is C15H22N2O3S. The first kappa shape index (κ1) is 17.4. The van der Waals surface area contributed by atoms with Gasteiger partial charge in [-0.2, -0.15) is 0 Å². The molecule has 5 nitrogen and oxygen atoms in total. The van der Waals surface area contributed by atoms with E-state index >= 15 is 0 Å². The standard InChI is InChI=1S/C15H22N2O3S/c1-10-5-6-12(13(7-10)21-4)8-16-15(20)17(3)9-11(2)14(18)19/h5-7,11H,8-9H2,1-4H3,(H,16,20)(H,18,19). The van der Waals surface area contributed by atoms with Crippen molar-refractivity contribution in [3.05, 3.63) is 29.3 Å². The topological polar surface area (TPSA) is 69.6 Å². The van der Waals surface area contributed by atoms with Crippen molar-refractivity contribution < 1.29 is 14.7 Å². The van der Waals surface area contributed by atoms with E-state index in [1.165, 1.54) is 10.5 Å². The number of aryl methyl sites for hydroxylation is 1. The van der Waals surface area contributed by atoms with Crippen LogP contribution in [0.25, 0.3) is 0 Å². The number of nitrogens with one attached hydrogen (secondary N) is 1. The van der Waals surface area contributed by atoms with Gasteiger partial charge in [-0.3, -0.25) is 4.79 Å². The minimum atomic E-state index is -0.905. The number of benzene rings is 1. The van der Waals surface area contributed by atoms with Gasteiger partial charge in [-0.25, -0.2) is 4.79 Å². The van der Waals surface area contributed by atoms with Crippen molar-refractivity contribution in [2.75, 3.05) is 19.8 Å². The van der Waals surface area contributed by atoms with Gasteiger partial charge in [-0.05, 0) is 30.4 Å². The molecule has 1 aromatic carbocycles. The molecule has 2 N–H and O–H groups in total. The van der Waals surface area contributed by atoms with Crippen LogP contribution in [0.1, 0.15) is 18.1 Å². The minimum Gasteiger partial charge on any atom is -0.481 e. The number of carboxylic acids is 1. The van der Waals surface area contributed by atoms with Gasteiger partial charge in [0.1, 0.15) is 0 Å². The molecular weight excluding hydrogens is 288 g/mol. The number of amides is 2. The summed E-state index contributed by atoms with van der Waals surface area (Å²) in [4.78, 5) is 25.3. The van der Waals surface area contributed by atoms with E-state index in [1.54, 1.807) is 25.7 Å². The number of carbonyl (C=O) groups is 2. The molecule has 2 amide bonds. The molecule has 0 fully saturated rings. The number of carboxylic acid groups (broad SMARTS) is 1. The summed E-state index contributed by atoms with van der Waals surface area (Å²) in [5.74, 6) is -1.49. The first-order valence-corrected chi connectivity index (χ1v) is 7.93. The molecule has 1 atom stereocenters. The third-order valence-electron chi connectivity index (χ3n) is 3.19. The van der Waals surface area contributed by atoms with E-state index in [4.69, 9.17) is 5.11 Å². The van der Waals surface area contributed by atoms with Crippen LogP contribution in [-0.2, 0) is 11.3 Å². The van der Waals surface area contributed by atoms with E-state index in [0.29, 0.717) is 6.54 Å². The van der Waals surface area contributed by atoms with Crippen LogP contribution in [0.3, 0.4) is 0 Å². The van der Waals surface area contributed by atoms with Gasteiger partial charge in [-0.1, -0.05) is 19.1 Å². The van der Waals surface area contributed by atoms with Crippen LogP contribution in [0.2, 0.25) is 0 Å². The molecule has 0 aromatic heterocycles. The lowest BCUT2D eigenvalue weighted by molar-refractivity contribution is -0.141. The van der Waals surface area contributed by atoms with Crippen LogP contribution in [0.4, 0.5) is 4.79 Å². The third-order valence-corrected chi connectivity index (χ3v) is 4.01. The number of thioether (sulfide) groups is 1. The average Bonchev–Trinajstić information content (AvgIpc) is 2.44. The Kier molecular flexibility index (Phi) is 6.55. The largest absolute Gasteiger partial charge is 0.481 e. The molecule has 0 radical (unpaired) electrons. The highest BCUT2D eigenvalue weighted by atomic mass is 32.2. The molecule has 0 spiro atoms. The molecule has 1 rings (SSSR count). The van der Waals surface area contributed by atoms with Gasteiger partial charge in [0.15, 0.2) is 0 Å². The van der Waals surface area contributed by atoms with Crippen LogP contribution >= 0.6 is 11.8 Å². The van der Waals surface area contributed by atoms with E-state index in [2.05, 4.69) is 11.4 Å². The average molecular weight is 310 g/mol. The van der Waals surface area contributed by atoms with Crippen LogP contribution in [0.15, 0.2) is 23.1 Å². The summed E-state index contributed by atoms with van der Waals surface area (Å²) in [5.41, 5.74) is 2.24. The van der Waals surface area contributed by atoms with E-state index in [0.717, 1.165) is 10.5 Å². The number of hydrogen-bond donors (Lipinski definition) is 2.